The Morgan fingerprint density at radius 1 is 1.09 bits per heavy atom. The van der Waals surface area contributed by atoms with Gasteiger partial charge in [-0.2, -0.15) is 0 Å². The molecule has 0 bridgehead atoms. The van der Waals surface area contributed by atoms with Crippen LogP contribution in [0.15, 0.2) is 82.9 Å². The lowest BCUT2D eigenvalue weighted by Crippen LogP contribution is -2.69. The molecule has 13 heteroatoms. The Morgan fingerprint density at radius 2 is 1.89 bits per heavy atom. The molecule has 0 aromatic heterocycles. The number of carbonyl (C=O) groups is 1. The number of thioether (sulfide) groups is 1. The number of aliphatic hydroxyl groups is 2. The van der Waals surface area contributed by atoms with Gasteiger partial charge in [0.2, 0.25) is 12.1 Å². The third-order valence-corrected chi connectivity index (χ3v) is 12.6. The number of aliphatic hydroxyl groups excluding tert-OH is 2. The van der Waals surface area contributed by atoms with Crippen LogP contribution in [0.2, 0.25) is 0 Å². The van der Waals surface area contributed by atoms with Crippen molar-refractivity contribution in [2.45, 2.75) is 93.1 Å². The number of halogens is 1. The third kappa shape index (κ3) is 10.5. The molecule has 2 fully saturated rings. The highest BCUT2D eigenvalue weighted by Gasteiger charge is 2.65. The number of amides is 1. The summed E-state index contributed by atoms with van der Waals surface area (Å²) >= 11 is 7.71. The summed E-state index contributed by atoms with van der Waals surface area (Å²) in [5, 5.41) is 24.6. The lowest BCUT2D eigenvalue weighted by atomic mass is 9.55. The number of hydrogen-bond donors (Lipinski definition) is 2. The number of nitrogens with zero attached hydrogens (tertiary/aromatic N) is 2. The number of fused-ring (bicyclic) bond motifs is 2. The van der Waals surface area contributed by atoms with E-state index in [0.717, 1.165) is 67.6 Å². The first-order valence-electron chi connectivity index (χ1n) is 20.6. The van der Waals surface area contributed by atoms with E-state index in [9.17, 15) is 15.0 Å². The second kappa shape index (κ2) is 21.7. The lowest BCUT2D eigenvalue weighted by molar-refractivity contribution is -0.254. The van der Waals surface area contributed by atoms with Crippen molar-refractivity contribution in [1.29, 1.82) is 0 Å². The zero-order valence-electron chi connectivity index (χ0n) is 33.1. The van der Waals surface area contributed by atoms with Gasteiger partial charge in [-0.15, -0.1) is 29.9 Å². The molecule has 2 N–H and O–H groups in total. The number of alkyl halides is 1. The van der Waals surface area contributed by atoms with Gasteiger partial charge in [0.05, 0.1) is 37.3 Å². The highest BCUT2D eigenvalue weighted by molar-refractivity contribution is 7.99. The van der Waals surface area contributed by atoms with Crippen molar-refractivity contribution >= 4 is 35.2 Å². The summed E-state index contributed by atoms with van der Waals surface area (Å²) in [6.45, 7) is 5.57. The smallest absolute Gasteiger partial charge is 0.410 e. The molecule has 2 aliphatic heterocycles. The maximum Gasteiger partial charge on any atom is 0.410 e. The third-order valence-electron chi connectivity index (χ3n) is 11.5. The van der Waals surface area contributed by atoms with E-state index in [4.69, 9.17) is 45.3 Å². The standard InChI is InChI=1S/C44H59ClN2O9S/c1-3-23-54-44-39(47(2)43(50)53-25-20-45)30-37(46-56-40-17-9-12-24-52-40)35-28-31(13-7-10-21-48)34(16-8-11-22-49)41(42(35)44)36-29-32(18-19-38(36)55-44)51-26-27-57-33-14-5-4-6-15-33/h3-6,14-15,18-19,28-29,31,34,39-42,48-49H,1,7-13,16-17,20-27,30H2,2H3/t31-,34+,39-,40?,41+,42+,44+/m0/s1. The molecule has 312 valence electrons. The molecule has 4 aliphatic rings. The number of ether oxygens (including phenoxy) is 5. The first-order valence-corrected chi connectivity index (χ1v) is 22.1. The molecule has 0 radical (unpaired) electrons. The van der Waals surface area contributed by atoms with Crippen LogP contribution < -0.4 is 9.47 Å². The number of unbranched alkanes of at least 4 members (excludes halogenated alkanes) is 2. The lowest BCUT2D eigenvalue weighted by Gasteiger charge is -2.59. The summed E-state index contributed by atoms with van der Waals surface area (Å²) in [7, 11) is 1.70. The number of hydrogen-bond acceptors (Lipinski definition) is 11. The normalized spacial score (nSPS) is 27.0. The predicted molar refractivity (Wildman–Crippen MR) is 222 cm³/mol. The van der Waals surface area contributed by atoms with Gasteiger partial charge in [-0.25, -0.2) is 4.79 Å². The Bertz CT molecular complexity index is 1660. The van der Waals surface area contributed by atoms with E-state index in [1.807, 2.05) is 30.3 Å². The summed E-state index contributed by atoms with van der Waals surface area (Å²) in [6, 6.07) is 15.6. The van der Waals surface area contributed by atoms with Crippen LogP contribution >= 0.6 is 23.4 Å². The molecule has 0 spiro atoms. The van der Waals surface area contributed by atoms with Gasteiger partial charge in [-0.1, -0.05) is 48.3 Å². The van der Waals surface area contributed by atoms with E-state index < -0.39 is 30.1 Å². The molecule has 1 saturated heterocycles. The van der Waals surface area contributed by atoms with Crippen molar-refractivity contribution in [2.75, 3.05) is 58.3 Å². The van der Waals surface area contributed by atoms with Gasteiger partial charge in [0.15, 0.2) is 0 Å². The second-order valence-electron chi connectivity index (χ2n) is 15.1. The maximum absolute atomic E-state index is 13.7. The Hall–Kier alpha value is -3.26. The number of benzene rings is 2. The molecule has 2 aromatic rings. The van der Waals surface area contributed by atoms with Crippen LogP contribution in [0.1, 0.15) is 75.7 Å². The van der Waals surface area contributed by atoms with Crippen molar-refractivity contribution in [1.82, 2.24) is 4.90 Å². The molecule has 7 atom stereocenters. The molecule has 1 saturated carbocycles. The predicted octanol–water partition coefficient (Wildman–Crippen LogP) is 8.33. The number of carbonyl (C=O) groups excluding carboxylic acids is 1. The van der Waals surface area contributed by atoms with Crippen LogP contribution in [0.25, 0.3) is 0 Å². The van der Waals surface area contributed by atoms with E-state index in [-0.39, 0.29) is 56.5 Å². The molecule has 2 aromatic carbocycles. The first kappa shape index (κ1) is 43.3. The van der Waals surface area contributed by atoms with E-state index in [1.165, 1.54) is 4.90 Å². The van der Waals surface area contributed by atoms with Gasteiger partial charge in [0.25, 0.3) is 0 Å². The van der Waals surface area contributed by atoms with Crippen molar-refractivity contribution in [3.8, 4) is 11.5 Å². The van der Waals surface area contributed by atoms with E-state index in [1.54, 1.807) is 29.8 Å². The van der Waals surface area contributed by atoms with Gasteiger partial charge in [-0.3, -0.25) is 0 Å². The number of oxime groups is 1. The summed E-state index contributed by atoms with van der Waals surface area (Å²) < 4.78 is 32.1. The van der Waals surface area contributed by atoms with Gasteiger partial charge >= 0.3 is 6.09 Å². The van der Waals surface area contributed by atoms with Crippen molar-refractivity contribution < 1.29 is 43.5 Å². The Balaban J connectivity index is 1.47. The van der Waals surface area contributed by atoms with E-state index >= 15 is 0 Å². The van der Waals surface area contributed by atoms with Crippen molar-refractivity contribution in [3.05, 3.63) is 78.4 Å². The number of likely N-dealkylation sites (N-methyl/N-ethyl adjacent to an activating group) is 1. The molecule has 1 amide bonds. The van der Waals surface area contributed by atoms with Gasteiger partial charge in [0.1, 0.15) is 24.1 Å². The Morgan fingerprint density at radius 3 is 2.63 bits per heavy atom. The minimum Gasteiger partial charge on any atom is -0.493 e. The minimum atomic E-state index is -1.37. The topological polar surface area (TPSA) is 129 Å². The Kier molecular flexibility index (Phi) is 16.5. The van der Waals surface area contributed by atoms with E-state index in [2.05, 4.69) is 30.9 Å². The van der Waals surface area contributed by atoms with Crippen LogP contribution in [-0.2, 0) is 19.0 Å². The fourth-order valence-electron chi connectivity index (χ4n) is 8.92. The maximum atomic E-state index is 13.7. The zero-order valence-corrected chi connectivity index (χ0v) is 34.7. The SMILES string of the molecule is C=CCO[C@@]12Oc3ccc(OCCSc4ccccc4)cc3[C@H]3[C@H](CCCCO)[C@@H](CCCCO)C=C(C(=NOC4CCCCO4)C[C@@H]1N(C)C(=O)OCCCl)[C@H]32. The fraction of sp³-hybridized carbons (Fsp3) is 0.591. The van der Waals surface area contributed by atoms with Crippen LogP contribution in [0.5, 0.6) is 11.5 Å². The molecule has 2 heterocycles. The highest BCUT2D eigenvalue weighted by atomic mass is 35.5. The van der Waals surface area contributed by atoms with Gasteiger partial charge < -0.3 is 43.6 Å². The van der Waals surface area contributed by atoms with Crippen LogP contribution in [0.3, 0.4) is 0 Å². The first-order chi connectivity index (χ1) is 27.9. The van der Waals surface area contributed by atoms with Gasteiger partial charge in [-0.05, 0) is 86.3 Å². The average molecular weight is 827 g/mol. The minimum absolute atomic E-state index is 0.0526. The summed E-state index contributed by atoms with van der Waals surface area (Å²) in [5.41, 5.74) is 2.67. The number of rotatable bonds is 21. The zero-order chi connectivity index (χ0) is 40.0. The second-order valence-corrected chi connectivity index (χ2v) is 16.6. The Labute approximate surface area is 346 Å². The summed E-state index contributed by atoms with van der Waals surface area (Å²) in [4.78, 5) is 22.7. The van der Waals surface area contributed by atoms with E-state index in [0.29, 0.717) is 37.5 Å². The molecule has 57 heavy (non-hydrogen) atoms. The van der Waals surface area contributed by atoms with Crippen molar-refractivity contribution in [3.63, 3.8) is 0 Å². The monoisotopic (exact) mass is 826 g/mol. The van der Waals surface area contributed by atoms with Crippen LogP contribution in [0, 0.1) is 17.8 Å². The molecule has 2 aliphatic carbocycles. The van der Waals surface area contributed by atoms with Crippen molar-refractivity contribution in [2.24, 2.45) is 22.9 Å². The van der Waals surface area contributed by atoms with Crippen LogP contribution in [-0.4, -0.2) is 103 Å². The molecule has 6 rings (SSSR count). The average Bonchev–Trinajstić information content (AvgIpc) is 3.24. The summed E-state index contributed by atoms with van der Waals surface area (Å²) in [6.07, 6.45) is 10.7. The molecule has 1 unspecified atom stereocenters. The largest absolute Gasteiger partial charge is 0.493 e. The van der Waals surface area contributed by atoms with Gasteiger partial charge in [0, 0.05) is 55.2 Å². The van der Waals surface area contributed by atoms with Crippen LogP contribution in [0.4, 0.5) is 4.79 Å². The number of allylic oxidation sites excluding steroid dienone is 1. The molecule has 11 nitrogen and oxygen atoms in total. The fourth-order valence-corrected chi connectivity index (χ4v) is 9.75. The quantitative estimate of drug-likeness (QED) is 0.0417. The highest BCUT2D eigenvalue weighted by Crippen LogP contribution is 2.61. The molecular weight excluding hydrogens is 768 g/mol. The molecular formula is C44H59ClN2O9S. The summed E-state index contributed by atoms with van der Waals surface area (Å²) in [5.74, 6) is 0.592.